The van der Waals surface area contributed by atoms with E-state index in [4.69, 9.17) is 4.74 Å². The third-order valence-corrected chi connectivity index (χ3v) is 3.35. The third-order valence-electron chi connectivity index (χ3n) is 3.35. The van der Waals surface area contributed by atoms with Crippen LogP contribution in [0, 0.1) is 5.92 Å². The Hall–Kier alpha value is -1.14. The van der Waals surface area contributed by atoms with Crippen LogP contribution in [0.15, 0.2) is 0 Å². The van der Waals surface area contributed by atoms with Gasteiger partial charge in [-0.25, -0.2) is 4.79 Å². The van der Waals surface area contributed by atoms with Crippen LogP contribution in [0.3, 0.4) is 0 Å². The van der Waals surface area contributed by atoms with Crippen LogP contribution in [-0.2, 0) is 14.3 Å². The Bertz CT molecular complexity index is 334. The molecule has 6 nitrogen and oxygen atoms in total. The Kier molecular flexibility index (Phi) is 6.95. The first-order chi connectivity index (χ1) is 9.42. The molecular weight excluding hydrogens is 258 g/mol. The van der Waals surface area contributed by atoms with Crippen molar-refractivity contribution in [2.24, 2.45) is 5.92 Å². The van der Waals surface area contributed by atoms with Crippen LogP contribution < -0.4 is 10.6 Å². The molecule has 2 N–H and O–H groups in total. The number of carbonyl (C=O) groups excluding carboxylic acids is 2. The summed E-state index contributed by atoms with van der Waals surface area (Å²) in [7, 11) is 1.35. The van der Waals surface area contributed by atoms with Crippen molar-refractivity contribution in [3.63, 3.8) is 0 Å². The minimum Gasteiger partial charge on any atom is -0.467 e. The van der Waals surface area contributed by atoms with Crippen LogP contribution in [0.4, 0.5) is 0 Å². The van der Waals surface area contributed by atoms with Gasteiger partial charge in [0.25, 0.3) is 0 Å². The summed E-state index contributed by atoms with van der Waals surface area (Å²) in [6.45, 7) is 9.05. The lowest BCUT2D eigenvalue weighted by Crippen LogP contribution is -2.53. The smallest absolute Gasteiger partial charge is 0.328 e. The molecule has 1 saturated heterocycles. The van der Waals surface area contributed by atoms with Gasteiger partial charge in [0, 0.05) is 25.7 Å². The lowest BCUT2D eigenvalue weighted by molar-refractivity contribution is -0.145. The monoisotopic (exact) mass is 285 g/mol. The van der Waals surface area contributed by atoms with Crippen molar-refractivity contribution in [1.82, 2.24) is 15.5 Å². The Morgan fingerprint density at radius 3 is 2.70 bits per heavy atom. The van der Waals surface area contributed by atoms with Gasteiger partial charge in [0.15, 0.2) is 0 Å². The van der Waals surface area contributed by atoms with Crippen molar-refractivity contribution in [3.8, 4) is 0 Å². The van der Waals surface area contributed by atoms with Gasteiger partial charge in [-0.1, -0.05) is 13.8 Å². The minimum atomic E-state index is -0.548. The van der Waals surface area contributed by atoms with Crippen LogP contribution in [0.25, 0.3) is 0 Å². The molecule has 1 fully saturated rings. The first kappa shape index (κ1) is 16.9. The van der Waals surface area contributed by atoms with Gasteiger partial charge in [-0.15, -0.1) is 0 Å². The molecule has 0 aromatic rings. The molecule has 1 amide bonds. The van der Waals surface area contributed by atoms with Crippen molar-refractivity contribution < 1.29 is 14.3 Å². The number of esters is 1. The van der Waals surface area contributed by atoms with E-state index in [2.05, 4.69) is 22.5 Å². The summed E-state index contributed by atoms with van der Waals surface area (Å²) in [5.74, 6) is -0.172. The van der Waals surface area contributed by atoms with Gasteiger partial charge in [-0.05, 0) is 19.3 Å². The molecule has 0 radical (unpaired) electrons. The fourth-order valence-electron chi connectivity index (χ4n) is 2.43. The average Bonchev–Trinajstić information content (AvgIpc) is 2.36. The summed E-state index contributed by atoms with van der Waals surface area (Å²) >= 11 is 0. The van der Waals surface area contributed by atoms with E-state index in [1.807, 2.05) is 13.8 Å². The second-order valence-electron chi connectivity index (χ2n) is 5.86. The van der Waals surface area contributed by atoms with Gasteiger partial charge in [-0.2, -0.15) is 0 Å². The van der Waals surface area contributed by atoms with E-state index in [9.17, 15) is 9.59 Å². The van der Waals surface area contributed by atoms with E-state index in [0.29, 0.717) is 24.9 Å². The second-order valence-corrected chi connectivity index (χ2v) is 5.86. The molecule has 0 aromatic carbocycles. The molecule has 1 heterocycles. The maximum atomic E-state index is 12.0. The highest BCUT2D eigenvalue weighted by atomic mass is 16.5. The Labute approximate surface area is 121 Å². The number of piperazine rings is 1. The standard InChI is InChI=1S/C14H27N3O3/c1-10(2)7-12(14(19)20-4)16-13(18)9-17-6-5-15-11(3)8-17/h10-12,15H,5-9H2,1-4H3,(H,16,18). The lowest BCUT2D eigenvalue weighted by Gasteiger charge is -2.31. The Morgan fingerprint density at radius 2 is 2.15 bits per heavy atom. The first-order valence-corrected chi connectivity index (χ1v) is 7.25. The maximum absolute atomic E-state index is 12.0. The number of rotatable bonds is 6. The number of hydrogen-bond acceptors (Lipinski definition) is 5. The highest BCUT2D eigenvalue weighted by molar-refractivity contribution is 5.85. The zero-order chi connectivity index (χ0) is 15.1. The van der Waals surface area contributed by atoms with Crippen LogP contribution >= 0.6 is 0 Å². The average molecular weight is 285 g/mol. The maximum Gasteiger partial charge on any atom is 0.328 e. The number of carbonyl (C=O) groups is 2. The van der Waals surface area contributed by atoms with E-state index in [0.717, 1.165) is 19.6 Å². The fourth-order valence-corrected chi connectivity index (χ4v) is 2.43. The number of hydrogen-bond donors (Lipinski definition) is 2. The lowest BCUT2D eigenvalue weighted by atomic mass is 10.0. The molecule has 0 aromatic heterocycles. The molecule has 0 aliphatic carbocycles. The van der Waals surface area contributed by atoms with E-state index >= 15 is 0 Å². The molecule has 1 aliphatic heterocycles. The van der Waals surface area contributed by atoms with E-state index < -0.39 is 6.04 Å². The van der Waals surface area contributed by atoms with Crippen LogP contribution in [0.2, 0.25) is 0 Å². The fraction of sp³-hybridized carbons (Fsp3) is 0.857. The summed E-state index contributed by atoms with van der Waals surface area (Å²) < 4.78 is 4.74. The highest BCUT2D eigenvalue weighted by Crippen LogP contribution is 2.06. The molecule has 2 atom stereocenters. The summed E-state index contributed by atoms with van der Waals surface area (Å²) in [4.78, 5) is 25.8. The molecule has 1 rings (SSSR count). The Balaban J connectivity index is 2.46. The summed E-state index contributed by atoms with van der Waals surface area (Å²) in [6.07, 6.45) is 0.594. The van der Waals surface area contributed by atoms with E-state index in [1.54, 1.807) is 0 Å². The SMILES string of the molecule is COC(=O)C(CC(C)C)NC(=O)CN1CCNC(C)C1. The first-order valence-electron chi connectivity index (χ1n) is 7.25. The van der Waals surface area contributed by atoms with Crippen molar-refractivity contribution in [2.45, 2.75) is 39.3 Å². The van der Waals surface area contributed by atoms with Gasteiger partial charge in [0.05, 0.1) is 13.7 Å². The molecule has 20 heavy (non-hydrogen) atoms. The number of nitrogens with zero attached hydrogens (tertiary/aromatic N) is 1. The van der Waals surface area contributed by atoms with Crippen LogP contribution in [-0.4, -0.2) is 62.1 Å². The topological polar surface area (TPSA) is 70.7 Å². The van der Waals surface area contributed by atoms with Crippen LogP contribution in [0.5, 0.6) is 0 Å². The molecule has 0 bridgehead atoms. The zero-order valence-corrected chi connectivity index (χ0v) is 12.9. The predicted molar refractivity (Wildman–Crippen MR) is 77.3 cm³/mol. The second kappa shape index (κ2) is 8.21. The van der Waals surface area contributed by atoms with Crippen molar-refractivity contribution in [1.29, 1.82) is 0 Å². The minimum absolute atomic E-state index is 0.116. The van der Waals surface area contributed by atoms with Crippen LogP contribution in [0.1, 0.15) is 27.2 Å². The van der Waals surface area contributed by atoms with E-state index in [-0.39, 0.29) is 11.9 Å². The Morgan fingerprint density at radius 1 is 1.45 bits per heavy atom. The molecule has 6 heteroatoms. The van der Waals surface area contributed by atoms with Crippen molar-refractivity contribution >= 4 is 11.9 Å². The largest absolute Gasteiger partial charge is 0.467 e. The molecule has 116 valence electrons. The number of nitrogens with one attached hydrogen (secondary N) is 2. The summed E-state index contributed by atoms with van der Waals surface area (Å²) in [6, 6.07) is -0.156. The van der Waals surface area contributed by atoms with Crippen molar-refractivity contribution in [3.05, 3.63) is 0 Å². The molecule has 1 aliphatic rings. The van der Waals surface area contributed by atoms with Gasteiger partial charge < -0.3 is 15.4 Å². The van der Waals surface area contributed by atoms with Gasteiger partial charge in [-0.3, -0.25) is 9.69 Å². The normalized spacial score (nSPS) is 21.6. The van der Waals surface area contributed by atoms with Crippen molar-refractivity contribution in [2.75, 3.05) is 33.3 Å². The predicted octanol–water partition coefficient (Wildman–Crippen LogP) is -0.0160. The molecular formula is C14H27N3O3. The van der Waals surface area contributed by atoms with E-state index in [1.165, 1.54) is 7.11 Å². The molecule has 2 unspecified atom stereocenters. The molecule has 0 saturated carbocycles. The van der Waals surface area contributed by atoms with Gasteiger partial charge in [0.2, 0.25) is 5.91 Å². The number of amides is 1. The summed E-state index contributed by atoms with van der Waals surface area (Å²) in [5, 5.41) is 6.12. The zero-order valence-electron chi connectivity index (χ0n) is 12.9. The van der Waals surface area contributed by atoms with Gasteiger partial charge in [0.1, 0.15) is 6.04 Å². The van der Waals surface area contributed by atoms with Gasteiger partial charge >= 0.3 is 5.97 Å². The molecule has 0 spiro atoms. The highest BCUT2D eigenvalue weighted by Gasteiger charge is 2.24. The number of ether oxygens (including phenoxy) is 1. The number of methoxy groups -OCH3 is 1. The third kappa shape index (κ3) is 5.88. The summed E-state index contributed by atoms with van der Waals surface area (Å²) in [5.41, 5.74) is 0. The quantitative estimate of drug-likeness (QED) is 0.671.